The van der Waals surface area contributed by atoms with Gasteiger partial charge in [-0.05, 0) is 63.5 Å². The molecule has 3 aliphatic rings. The second-order valence-corrected chi connectivity index (χ2v) is 6.76. The molecule has 1 atom stereocenters. The summed E-state index contributed by atoms with van der Waals surface area (Å²) in [5.41, 5.74) is 0.203. The summed E-state index contributed by atoms with van der Waals surface area (Å²) >= 11 is 0. The van der Waals surface area contributed by atoms with E-state index in [2.05, 4.69) is 5.32 Å². The summed E-state index contributed by atoms with van der Waals surface area (Å²) in [4.78, 5) is 8.90. The van der Waals surface area contributed by atoms with Crippen molar-refractivity contribution in [2.45, 2.75) is 50.3 Å². The normalized spacial score (nSPS) is 26.0. The molecule has 3 fully saturated rings. The third-order valence-corrected chi connectivity index (χ3v) is 4.95. The molecule has 0 bridgehead atoms. The van der Waals surface area contributed by atoms with Gasteiger partial charge in [0.1, 0.15) is 0 Å². The molecule has 0 radical (unpaired) electrons. The van der Waals surface area contributed by atoms with Crippen LogP contribution >= 0.6 is 0 Å². The molecule has 1 saturated carbocycles. The molecule has 0 amide bonds. The van der Waals surface area contributed by atoms with Gasteiger partial charge in [-0.15, -0.1) is 0 Å². The average molecular weight is 353 g/mol. The van der Waals surface area contributed by atoms with Crippen LogP contribution in [-0.4, -0.2) is 55.8 Å². The Hall–Kier alpha value is -0.860. The average Bonchev–Trinajstić information content (AvgIpc) is 3.28. The Morgan fingerprint density at radius 2 is 1.88 bits per heavy atom. The molecule has 140 valence electrons. The van der Waals surface area contributed by atoms with Crippen LogP contribution in [0.5, 0.6) is 0 Å². The Kier molecular flexibility index (Phi) is 6.88. The Morgan fingerprint density at radius 1 is 1.25 bits per heavy atom. The lowest BCUT2D eigenvalue weighted by Gasteiger charge is -2.38. The molecule has 24 heavy (non-hydrogen) atoms. The second-order valence-electron chi connectivity index (χ2n) is 6.76. The van der Waals surface area contributed by atoms with Crippen LogP contribution in [0.2, 0.25) is 0 Å². The third kappa shape index (κ3) is 5.89. The lowest BCUT2D eigenvalue weighted by Crippen LogP contribution is -2.46. The third-order valence-electron chi connectivity index (χ3n) is 4.95. The fourth-order valence-electron chi connectivity index (χ4n) is 3.36. The molecule has 5 nitrogen and oxygen atoms in total. The van der Waals surface area contributed by atoms with Gasteiger partial charge in [0.05, 0.1) is 5.60 Å². The number of aliphatic carboxylic acids is 1. The molecular formula is C16H26F3NO4. The van der Waals surface area contributed by atoms with Gasteiger partial charge in [-0.1, -0.05) is 0 Å². The molecule has 0 aromatic heterocycles. The molecule has 2 saturated heterocycles. The monoisotopic (exact) mass is 353 g/mol. The maximum Gasteiger partial charge on any atom is 0.490 e. The molecule has 2 heterocycles. The first kappa shape index (κ1) is 19.5. The van der Waals surface area contributed by atoms with Gasteiger partial charge < -0.3 is 19.9 Å². The number of carboxylic acids is 1. The number of carbonyl (C=O) groups is 1. The van der Waals surface area contributed by atoms with Crippen molar-refractivity contribution < 1.29 is 32.5 Å². The molecule has 0 aromatic carbocycles. The highest BCUT2D eigenvalue weighted by molar-refractivity contribution is 5.73. The largest absolute Gasteiger partial charge is 0.490 e. The highest BCUT2D eigenvalue weighted by Crippen LogP contribution is 2.41. The zero-order valence-corrected chi connectivity index (χ0v) is 13.7. The topological polar surface area (TPSA) is 67.8 Å². The molecule has 0 aromatic rings. The number of ether oxygens (including phenoxy) is 2. The van der Waals surface area contributed by atoms with E-state index in [0.717, 1.165) is 44.7 Å². The van der Waals surface area contributed by atoms with Crippen molar-refractivity contribution in [3.8, 4) is 0 Å². The highest BCUT2D eigenvalue weighted by Gasteiger charge is 2.44. The predicted molar refractivity (Wildman–Crippen MR) is 80.7 cm³/mol. The van der Waals surface area contributed by atoms with Gasteiger partial charge in [-0.3, -0.25) is 0 Å². The zero-order chi connectivity index (χ0) is 17.6. The van der Waals surface area contributed by atoms with Crippen LogP contribution < -0.4 is 5.32 Å². The van der Waals surface area contributed by atoms with Crippen LogP contribution in [0.4, 0.5) is 13.2 Å². The quantitative estimate of drug-likeness (QED) is 0.744. The molecule has 1 unspecified atom stereocenters. The van der Waals surface area contributed by atoms with Crippen molar-refractivity contribution in [2.75, 3.05) is 32.9 Å². The van der Waals surface area contributed by atoms with Crippen LogP contribution in [0.3, 0.4) is 0 Å². The van der Waals surface area contributed by atoms with Gasteiger partial charge in [0.2, 0.25) is 0 Å². The number of hydrogen-bond acceptors (Lipinski definition) is 4. The maximum absolute atomic E-state index is 10.6. The van der Waals surface area contributed by atoms with E-state index in [0.29, 0.717) is 0 Å². The lowest BCUT2D eigenvalue weighted by molar-refractivity contribution is -0.192. The van der Waals surface area contributed by atoms with E-state index in [-0.39, 0.29) is 5.60 Å². The van der Waals surface area contributed by atoms with Gasteiger partial charge in [0.15, 0.2) is 0 Å². The Balaban J connectivity index is 0.000000256. The summed E-state index contributed by atoms with van der Waals surface area (Å²) in [6, 6.07) is 0. The second kappa shape index (κ2) is 8.49. The molecular weight excluding hydrogens is 327 g/mol. The summed E-state index contributed by atoms with van der Waals surface area (Å²) < 4.78 is 43.6. The lowest BCUT2D eigenvalue weighted by atomic mass is 9.78. The number of alkyl halides is 3. The first-order chi connectivity index (χ1) is 11.3. The number of halogens is 3. The number of nitrogens with one attached hydrogen (secondary N) is 1. The smallest absolute Gasteiger partial charge is 0.475 e. The minimum Gasteiger partial charge on any atom is -0.475 e. The fourth-order valence-corrected chi connectivity index (χ4v) is 3.36. The standard InChI is InChI=1S/C14H25NO2.C2HF3O2/c1-2-12(1)11-16-9-3-13-4-10-17-14(13)5-7-15-8-6-14;3-2(4,5)1(6)7/h12-13,15H,1-11H2;(H,6,7). The van der Waals surface area contributed by atoms with E-state index < -0.39 is 12.1 Å². The Bertz CT molecular complexity index is 407. The summed E-state index contributed by atoms with van der Waals surface area (Å²) in [5.74, 6) is -1.13. The number of hydrogen-bond donors (Lipinski definition) is 2. The number of rotatable bonds is 5. The fraction of sp³-hybridized carbons (Fsp3) is 0.938. The van der Waals surface area contributed by atoms with E-state index >= 15 is 0 Å². The minimum absolute atomic E-state index is 0.203. The van der Waals surface area contributed by atoms with Crippen molar-refractivity contribution in [2.24, 2.45) is 11.8 Å². The van der Waals surface area contributed by atoms with Gasteiger partial charge in [-0.2, -0.15) is 13.2 Å². The van der Waals surface area contributed by atoms with Crippen molar-refractivity contribution in [1.82, 2.24) is 5.32 Å². The van der Waals surface area contributed by atoms with Crippen LogP contribution in [-0.2, 0) is 14.3 Å². The van der Waals surface area contributed by atoms with Gasteiger partial charge in [0.25, 0.3) is 0 Å². The van der Waals surface area contributed by atoms with Crippen molar-refractivity contribution >= 4 is 5.97 Å². The van der Waals surface area contributed by atoms with E-state index in [1.807, 2.05) is 0 Å². The first-order valence-electron chi connectivity index (χ1n) is 8.56. The SMILES string of the molecule is C1CC2(CCN1)OCCC2CCOCC1CC1.O=C(O)C(F)(F)F. The van der Waals surface area contributed by atoms with Crippen molar-refractivity contribution in [1.29, 1.82) is 0 Å². The number of piperidine rings is 1. The van der Waals surface area contributed by atoms with Crippen LogP contribution in [0.1, 0.15) is 38.5 Å². The Labute approximate surface area is 139 Å². The zero-order valence-electron chi connectivity index (χ0n) is 13.7. The summed E-state index contributed by atoms with van der Waals surface area (Å²) in [6.45, 7) is 5.16. The summed E-state index contributed by atoms with van der Waals surface area (Å²) in [7, 11) is 0. The molecule has 3 rings (SSSR count). The van der Waals surface area contributed by atoms with Gasteiger partial charge in [-0.25, -0.2) is 4.79 Å². The summed E-state index contributed by atoms with van der Waals surface area (Å²) in [6.07, 6.45) is 2.53. The molecule has 1 aliphatic carbocycles. The van der Waals surface area contributed by atoms with Crippen molar-refractivity contribution in [3.05, 3.63) is 0 Å². The molecule has 1 spiro atoms. The van der Waals surface area contributed by atoms with E-state index in [1.54, 1.807) is 0 Å². The van der Waals surface area contributed by atoms with Gasteiger partial charge in [0, 0.05) is 19.8 Å². The Morgan fingerprint density at radius 3 is 2.42 bits per heavy atom. The van der Waals surface area contributed by atoms with Crippen LogP contribution in [0, 0.1) is 11.8 Å². The van der Waals surface area contributed by atoms with Crippen LogP contribution in [0.25, 0.3) is 0 Å². The minimum atomic E-state index is -5.08. The molecule has 8 heteroatoms. The van der Waals surface area contributed by atoms with E-state index in [1.165, 1.54) is 38.5 Å². The van der Waals surface area contributed by atoms with E-state index in [4.69, 9.17) is 19.4 Å². The highest BCUT2D eigenvalue weighted by atomic mass is 19.4. The molecule has 2 aliphatic heterocycles. The maximum atomic E-state index is 10.6. The van der Waals surface area contributed by atoms with Crippen molar-refractivity contribution in [3.63, 3.8) is 0 Å². The predicted octanol–water partition coefficient (Wildman–Crippen LogP) is 2.60. The van der Waals surface area contributed by atoms with E-state index in [9.17, 15) is 13.2 Å². The van der Waals surface area contributed by atoms with Crippen LogP contribution in [0.15, 0.2) is 0 Å². The molecule has 2 N–H and O–H groups in total. The first-order valence-corrected chi connectivity index (χ1v) is 8.56. The summed E-state index contributed by atoms with van der Waals surface area (Å²) in [5, 5.41) is 10.6. The van der Waals surface area contributed by atoms with Gasteiger partial charge >= 0.3 is 12.1 Å². The number of carboxylic acid groups (broad SMARTS) is 1.